The Morgan fingerprint density at radius 1 is 0.897 bits per heavy atom. The summed E-state index contributed by atoms with van der Waals surface area (Å²) in [6.07, 6.45) is 1.63. The smallest absolute Gasteiger partial charge is 0.264 e. The number of hydrogen-bond donors (Lipinski definition) is 0. The summed E-state index contributed by atoms with van der Waals surface area (Å²) in [4.78, 5) is 14.7. The van der Waals surface area contributed by atoms with Crippen LogP contribution in [0.2, 0.25) is 0 Å². The van der Waals surface area contributed by atoms with Gasteiger partial charge >= 0.3 is 0 Å². The maximum atomic E-state index is 13.1. The molecule has 0 radical (unpaired) electrons. The van der Waals surface area contributed by atoms with Crippen LogP contribution in [0.3, 0.4) is 0 Å². The van der Waals surface area contributed by atoms with Gasteiger partial charge in [-0.3, -0.25) is 9.10 Å². The molecule has 0 saturated heterocycles. The lowest BCUT2D eigenvalue weighted by Gasteiger charge is -2.22. The predicted octanol–water partition coefficient (Wildman–Crippen LogP) is 4.34. The molecule has 1 amide bonds. The largest absolute Gasteiger partial charge is 0.305 e. The maximum absolute atomic E-state index is 13.1. The Labute approximate surface area is 171 Å². The van der Waals surface area contributed by atoms with Crippen molar-refractivity contribution >= 4 is 27.3 Å². The zero-order valence-corrected chi connectivity index (χ0v) is 16.9. The summed E-state index contributed by atoms with van der Waals surface area (Å²) >= 11 is 0. The van der Waals surface area contributed by atoms with Gasteiger partial charge in [-0.05, 0) is 42.5 Å². The van der Waals surface area contributed by atoms with Crippen molar-refractivity contribution in [1.82, 2.24) is 0 Å². The van der Waals surface area contributed by atoms with Gasteiger partial charge in [0.25, 0.3) is 15.9 Å². The van der Waals surface area contributed by atoms with E-state index in [9.17, 15) is 13.2 Å². The van der Waals surface area contributed by atoms with Gasteiger partial charge in [0.05, 0.1) is 10.6 Å². The summed E-state index contributed by atoms with van der Waals surface area (Å²) in [5.41, 5.74) is 1.55. The Balaban J connectivity index is 1.96. The molecule has 0 aliphatic carbocycles. The first-order valence-corrected chi connectivity index (χ1v) is 10.5. The molecule has 0 N–H and O–H groups in total. The number of carbonyl (C=O) groups is 1. The minimum atomic E-state index is -3.81. The number of sulfonamides is 1. The van der Waals surface area contributed by atoms with Gasteiger partial charge in [0.2, 0.25) is 0 Å². The third kappa shape index (κ3) is 4.38. The molecule has 0 aromatic heterocycles. The van der Waals surface area contributed by atoms with E-state index >= 15 is 0 Å². The highest BCUT2D eigenvalue weighted by Gasteiger charge is 2.24. The number of nitrogens with zero attached hydrogens (tertiary/aromatic N) is 2. The van der Waals surface area contributed by atoms with Gasteiger partial charge in [0, 0.05) is 24.8 Å². The highest BCUT2D eigenvalue weighted by atomic mass is 32.2. The van der Waals surface area contributed by atoms with Crippen LogP contribution in [0.25, 0.3) is 0 Å². The third-order valence-corrected chi connectivity index (χ3v) is 6.27. The van der Waals surface area contributed by atoms with Crippen LogP contribution in [-0.2, 0) is 10.0 Å². The first kappa shape index (κ1) is 20.4. The minimum absolute atomic E-state index is 0.0568. The molecule has 148 valence electrons. The van der Waals surface area contributed by atoms with E-state index in [0.29, 0.717) is 23.5 Å². The predicted molar refractivity (Wildman–Crippen MR) is 117 cm³/mol. The van der Waals surface area contributed by atoms with Crippen molar-refractivity contribution in [2.75, 3.05) is 22.8 Å². The van der Waals surface area contributed by atoms with Crippen molar-refractivity contribution < 1.29 is 13.2 Å². The van der Waals surface area contributed by atoms with Crippen molar-refractivity contribution in [3.8, 4) is 0 Å². The number of para-hydroxylation sites is 2. The highest BCUT2D eigenvalue weighted by molar-refractivity contribution is 7.92. The van der Waals surface area contributed by atoms with Gasteiger partial charge in [-0.25, -0.2) is 8.42 Å². The van der Waals surface area contributed by atoms with Crippen LogP contribution >= 0.6 is 0 Å². The number of rotatable bonds is 7. The monoisotopic (exact) mass is 406 g/mol. The summed E-state index contributed by atoms with van der Waals surface area (Å²) in [5, 5.41) is 0. The second-order valence-corrected chi connectivity index (χ2v) is 8.35. The standard InChI is InChI=1S/C23H22N2O3S/c1-3-17-25(21-14-8-5-9-15-21)23(26)19-11-10-16-22(18-19)29(27,28)24(2)20-12-6-4-7-13-20/h3-16,18H,1,17H2,2H3. The first-order chi connectivity index (χ1) is 13.9. The quantitative estimate of drug-likeness (QED) is 0.548. The fourth-order valence-corrected chi connectivity index (χ4v) is 4.16. The second kappa shape index (κ2) is 8.75. The molecule has 0 spiro atoms. The lowest BCUT2D eigenvalue weighted by atomic mass is 10.1. The van der Waals surface area contributed by atoms with Crippen molar-refractivity contribution in [2.45, 2.75) is 4.90 Å². The van der Waals surface area contributed by atoms with Crippen LogP contribution < -0.4 is 9.21 Å². The van der Waals surface area contributed by atoms with E-state index in [2.05, 4.69) is 6.58 Å². The van der Waals surface area contributed by atoms with Crippen molar-refractivity contribution in [3.63, 3.8) is 0 Å². The molecule has 0 saturated carbocycles. The minimum Gasteiger partial charge on any atom is -0.305 e. The topological polar surface area (TPSA) is 57.7 Å². The summed E-state index contributed by atoms with van der Waals surface area (Å²) in [6.45, 7) is 4.03. The molecule has 3 rings (SSSR count). The fourth-order valence-electron chi connectivity index (χ4n) is 2.92. The van der Waals surface area contributed by atoms with Crippen LogP contribution in [-0.4, -0.2) is 27.9 Å². The molecule has 3 aromatic rings. The lowest BCUT2D eigenvalue weighted by molar-refractivity contribution is 0.0989. The summed E-state index contributed by atoms with van der Waals surface area (Å²) in [6, 6.07) is 24.1. The Morgan fingerprint density at radius 2 is 1.48 bits per heavy atom. The number of anilines is 2. The number of amides is 1. The molecule has 3 aromatic carbocycles. The molecule has 5 nitrogen and oxygen atoms in total. The molecule has 0 heterocycles. The van der Waals surface area contributed by atoms with Gasteiger partial charge in [-0.15, -0.1) is 6.58 Å². The number of benzene rings is 3. The van der Waals surface area contributed by atoms with E-state index in [1.54, 1.807) is 47.4 Å². The summed E-state index contributed by atoms with van der Waals surface area (Å²) < 4.78 is 27.3. The first-order valence-electron chi connectivity index (χ1n) is 9.07. The summed E-state index contributed by atoms with van der Waals surface area (Å²) in [7, 11) is -2.32. The van der Waals surface area contributed by atoms with Gasteiger partial charge in [-0.2, -0.15) is 0 Å². The molecule has 0 atom stereocenters. The fraction of sp³-hybridized carbons (Fsp3) is 0.0870. The van der Waals surface area contributed by atoms with Gasteiger partial charge in [0.1, 0.15) is 0 Å². The molecule has 0 aliphatic heterocycles. The Morgan fingerprint density at radius 3 is 2.07 bits per heavy atom. The SMILES string of the molecule is C=CCN(C(=O)c1cccc(S(=O)(=O)N(C)c2ccccc2)c1)c1ccccc1. The summed E-state index contributed by atoms with van der Waals surface area (Å²) in [5.74, 6) is -0.296. The zero-order valence-electron chi connectivity index (χ0n) is 16.1. The van der Waals surface area contributed by atoms with E-state index in [1.807, 2.05) is 36.4 Å². The van der Waals surface area contributed by atoms with Crippen LogP contribution in [0.1, 0.15) is 10.4 Å². The Bertz CT molecular complexity index is 1100. The molecule has 0 unspecified atom stereocenters. The van der Waals surface area contributed by atoms with E-state index in [1.165, 1.54) is 23.5 Å². The van der Waals surface area contributed by atoms with Crippen molar-refractivity contribution in [2.24, 2.45) is 0 Å². The normalized spacial score (nSPS) is 10.9. The van der Waals surface area contributed by atoms with Crippen LogP contribution in [0.5, 0.6) is 0 Å². The van der Waals surface area contributed by atoms with Crippen molar-refractivity contribution in [3.05, 3.63) is 103 Å². The van der Waals surface area contributed by atoms with E-state index in [0.717, 1.165) is 0 Å². The van der Waals surface area contributed by atoms with E-state index < -0.39 is 10.0 Å². The molecule has 0 aliphatic rings. The Hall–Kier alpha value is -3.38. The molecular formula is C23H22N2O3S. The highest BCUT2D eigenvalue weighted by Crippen LogP contribution is 2.24. The van der Waals surface area contributed by atoms with E-state index in [-0.39, 0.29) is 10.8 Å². The molecule has 6 heteroatoms. The number of carbonyl (C=O) groups excluding carboxylic acids is 1. The van der Waals surface area contributed by atoms with Crippen LogP contribution in [0.4, 0.5) is 11.4 Å². The average molecular weight is 407 g/mol. The van der Waals surface area contributed by atoms with Crippen LogP contribution in [0, 0.1) is 0 Å². The molecule has 29 heavy (non-hydrogen) atoms. The number of hydrogen-bond acceptors (Lipinski definition) is 3. The molecule has 0 bridgehead atoms. The lowest BCUT2D eigenvalue weighted by Crippen LogP contribution is -2.31. The average Bonchev–Trinajstić information content (AvgIpc) is 2.77. The maximum Gasteiger partial charge on any atom is 0.264 e. The molecular weight excluding hydrogens is 384 g/mol. The van der Waals surface area contributed by atoms with Gasteiger partial charge < -0.3 is 4.90 Å². The van der Waals surface area contributed by atoms with Crippen molar-refractivity contribution in [1.29, 1.82) is 0 Å². The zero-order chi connectivity index (χ0) is 20.9. The third-order valence-electron chi connectivity index (χ3n) is 4.48. The van der Waals surface area contributed by atoms with Crippen LogP contribution in [0.15, 0.2) is 102 Å². The Kier molecular flexibility index (Phi) is 6.14. The van der Waals surface area contributed by atoms with Gasteiger partial charge in [-0.1, -0.05) is 48.5 Å². The second-order valence-electron chi connectivity index (χ2n) is 6.38. The molecule has 0 fully saturated rings. The van der Waals surface area contributed by atoms with E-state index in [4.69, 9.17) is 0 Å². The van der Waals surface area contributed by atoms with Gasteiger partial charge in [0.15, 0.2) is 0 Å².